The van der Waals surface area contributed by atoms with Gasteiger partial charge in [-0.2, -0.15) is 0 Å². The van der Waals surface area contributed by atoms with Crippen LogP contribution in [0.3, 0.4) is 0 Å². The van der Waals surface area contributed by atoms with Gasteiger partial charge in [0, 0.05) is 45.3 Å². The molecular formula is C37H23N4PS. The Morgan fingerprint density at radius 3 is 2.14 bits per heavy atom. The van der Waals surface area contributed by atoms with Crippen molar-refractivity contribution < 1.29 is 0 Å². The number of aromatic nitrogens is 4. The van der Waals surface area contributed by atoms with Crippen molar-refractivity contribution in [3.63, 3.8) is 0 Å². The average molecular weight is 587 g/mol. The Bertz CT molecular complexity index is 2620. The zero-order valence-electron chi connectivity index (χ0n) is 22.9. The van der Waals surface area contributed by atoms with Crippen LogP contribution < -0.4 is 15.9 Å². The molecule has 4 aromatic heterocycles. The Kier molecular flexibility index (Phi) is 5.31. The Hall–Kier alpha value is -4.96. The van der Waals surface area contributed by atoms with Crippen LogP contribution in [0.4, 0.5) is 0 Å². The van der Waals surface area contributed by atoms with Gasteiger partial charge in [0.2, 0.25) is 0 Å². The maximum Gasteiger partial charge on any atom is 0.146 e. The molecule has 6 heteroatoms. The highest BCUT2D eigenvalue weighted by atomic mass is 32.4. The molecule has 202 valence electrons. The van der Waals surface area contributed by atoms with E-state index >= 15 is 0 Å². The summed E-state index contributed by atoms with van der Waals surface area (Å²) in [4.78, 5) is 14.5. The first-order valence-corrected chi connectivity index (χ1v) is 17.0. The SMILES string of the molecule is S=P(c1ccc2cccnc2c1)(c1ccc2c(c1)c1ccccc1n1c3ccccc3nc21)c1ccnc2ccccc12. The molecule has 0 radical (unpaired) electrons. The van der Waals surface area contributed by atoms with Crippen molar-refractivity contribution in [3.05, 3.63) is 140 Å². The van der Waals surface area contributed by atoms with Crippen LogP contribution in [0, 0.1) is 0 Å². The van der Waals surface area contributed by atoms with Crippen LogP contribution in [0.2, 0.25) is 0 Å². The van der Waals surface area contributed by atoms with E-state index in [1.807, 2.05) is 30.6 Å². The second-order valence-electron chi connectivity index (χ2n) is 10.8. The topological polar surface area (TPSA) is 43.1 Å². The third-order valence-electron chi connectivity index (χ3n) is 8.52. The molecule has 5 aromatic carbocycles. The second kappa shape index (κ2) is 9.27. The fourth-order valence-corrected chi connectivity index (χ4v) is 10.5. The molecule has 0 aliphatic carbocycles. The third-order valence-corrected chi connectivity index (χ3v) is 13.5. The summed E-state index contributed by atoms with van der Waals surface area (Å²) in [6.45, 7) is 0. The highest BCUT2D eigenvalue weighted by Crippen LogP contribution is 2.46. The maximum absolute atomic E-state index is 6.96. The summed E-state index contributed by atoms with van der Waals surface area (Å²) >= 11 is 6.96. The molecule has 4 nitrogen and oxygen atoms in total. The van der Waals surface area contributed by atoms with E-state index in [0.717, 1.165) is 70.7 Å². The first-order chi connectivity index (χ1) is 21.2. The zero-order chi connectivity index (χ0) is 28.5. The molecule has 0 aliphatic heterocycles. The summed E-state index contributed by atoms with van der Waals surface area (Å²) < 4.78 is 2.29. The van der Waals surface area contributed by atoms with Crippen LogP contribution in [-0.2, 0) is 11.8 Å². The van der Waals surface area contributed by atoms with E-state index < -0.39 is 6.04 Å². The van der Waals surface area contributed by atoms with Gasteiger partial charge in [0.15, 0.2) is 0 Å². The number of hydrogen-bond acceptors (Lipinski definition) is 4. The van der Waals surface area contributed by atoms with E-state index in [1.54, 1.807) is 0 Å². The number of fused-ring (bicyclic) bond motifs is 10. The summed E-state index contributed by atoms with van der Waals surface area (Å²) in [5, 5.41) is 9.02. The van der Waals surface area contributed by atoms with Crippen molar-refractivity contribution in [2.24, 2.45) is 0 Å². The largest absolute Gasteiger partial charge is 0.292 e. The molecule has 0 amide bonds. The van der Waals surface area contributed by atoms with Crippen molar-refractivity contribution in [2.75, 3.05) is 0 Å². The molecule has 0 saturated carbocycles. The molecule has 1 unspecified atom stereocenters. The maximum atomic E-state index is 6.96. The van der Waals surface area contributed by atoms with E-state index in [4.69, 9.17) is 21.8 Å². The third kappa shape index (κ3) is 3.56. The van der Waals surface area contributed by atoms with E-state index in [2.05, 4.69) is 119 Å². The Morgan fingerprint density at radius 2 is 1.23 bits per heavy atom. The van der Waals surface area contributed by atoms with Gasteiger partial charge >= 0.3 is 0 Å². The van der Waals surface area contributed by atoms with E-state index in [-0.39, 0.29) is 0 Å². The first-order valence-electron chi connectivity index (χ1n) is 14.2. The van der Waals surface area contributed by atoms with Crippen LogP contribution >= 0.6 is 6.04 Å². The number of para-hydroxylation sites is 4. The molecule has 0 fully saturated rings. The fraction of sp³-hybridized carbons (Fsp3) is 0. The predicted octanol–water partition coefficient (Wildman–Crippen LogP) is 7.65. The lowest BCUT2D eigenvalue weighted by atomic mass is 10.1. The van der Waals surface area contributed by atoms with E-state index in [9.17, 15) is 0 Å². The smallest absolute Gasteiger partial charge is 0.146 e. The first kappa shape index (κ1) is 24.6. The summed E-state index contributed by atoms with van der Waals surface area (Å²) in [6.07, 6.45) is 3.74. The molecule has 43 heavy (non-hydrogen) atoms. The molecule has 9 rings (SSSR count). The van der Waals surface area contributed by atoms with Gasteiger partial charge in [0.1, 0.15) is 5.65 Å². The summed E-state index contributed by atoms with van der Waals surface area (Å²) in [5.41, 5.74) is 6.08. The minimum Gasteiger partial charge on any atom is -0.292 e. The van der Waals surface area contributed by atoms with Gasteiger partial charge in [-0.05, 0) is 70.6 Å². The molecule has 0 aliphatic rings. The average Bonchev–Trinajstić information content (AvgIpc) is 3.47. The standard InChI is InChI=1S/C37H23N4PS/c43-42(26-16-15-24-8-7-20-38-33(24)23-26,36-19-21-39-31-11-3-1-10-29(31)36)25-17-18-28-30(22-25)27-9-2-5-13-34(27)41-35-14-6-4-12-32(35)40-37(28)41/h1-23H. The van der Waals surface area contributed by atoms with Crippen LogP contribution in [0.5, 0.6) is 0 Å². The van der Waals surface area contributed by atoms with Crippen molar-refractivity contribution in [1.82, 2.24) is 19.4 Å². The molecule has 1 atom stereocenters. The number of rotatable bonds is 3. The van der Waals surface area contributed by atoms with Gasteiger partial charge in [-0.3, -0.25) is 14.4 Å². The molecule has 4 heterocycles. The number of hydrogen-bond donors (Lipinski definition) is 0. The van der Waals surface area contributed by atoms with Crippen molar-refractivity contribution in [3.8, 4) is 0 Å². The van der Waals surface area contributed by atoms with Crippen molar-refractivity contribution in [2.45, 2.75) is 0 Å². The van der Waals surface area contributed by atoms with Gasteiger partial charge in [-0.15, -0.1) is 0 Å². The van der Waals surface area contributed by atoms with E-state index in [1.165, 1.54) is 5.39 Å². The molecule has 0 N–H and O–H groups in total. The highest BCUT2D eigenvalue weighted by molar-refractivity contribution is 8.25. The number of pyridine rings is 3. The van der Waals surface area contributed by atoms with E-state index in [0.29, 0.717) is 0 Å². The monoisotopic (exact) mass is 586 g/mol. The van der Waals surface area contributed by atoms with Gasteiger partial charge in [0.25, 0.3) is 0 Å². The van der Waals surface area contributed by atoms with Gasteiger partial charge in [-0.25, -0.2) is 4.98 Å². The minimum absolute atomic E-state index is 0.949. The summed E-state index contributed by atoms with van der Waals surface area (Å²) in [7, 11) is 0. The molecule has 0 spiro atoms. The highest BCUT2D eigenvalue weighted by Gasteiger charge is 2.28. The van der Waals surface area contributed by atoms with Crippen LogP contribution in [0.25, 0.3) is 60.2 Å². The van der Waals surface area contributed by atoms with Crippen molar-refractivity contribution in [1.29, 1.82) is 0 Å². The van der Waals surface area contributed by atoms with Crippen molar-refractivity contribution >= 4 is 93.9 Å². The Labute approximate surface area is 252 Å². The molecule has 0 bridgehead atoms. The second-order valence-corrected chi connectivity index (χ2v) is 15.2. The molecule has 0 saturated heterocycles. The molecule has 9 aromatic rings. The quantitative estimate of drug-likeness (QED) is 0.158. The lowest BCUT2D eigenvalue weighted by molar-refractivity contribution is 1.32. The Balaban J connectivity index is 1.41. The van der Waals surface area contributed by atoms with Gasteiger partial charge in [-0.1, -0.05) is 84.6 Å². The van der Waals surface area contributed by atoms with Crippen LogP contribution in [0.15, 0.2) is 140 Å². The Morgan fingerprint density at radius 1 is 0.512 bits per heavy atom. The van der Waals surface area contributed by atoms with Gasteiger partial charge < -0.3 is 0 Å². The van der Waals surface area contributed by atoms with Crippen LogP contribution in [-0.4, -0.2) is 19.4 Å². The number of nitrogens with zero attached hydrogens (tertiary/aromatic N) is 4. The number of imidazole rings is 1. The zero-order valence-corrected chi connectivity index (χ0v) is 24.6. The lowest BCUT2D eigenvalue weighted by Crippen LogP contribution is -2.26. The lowest BCUT2D eigenvalue weighted by Gasteiger charge is -2.26. The van der Waals surface area contributed by atoms with Crippen LogP contribution in [0.1, 0.15) is 0 Å². The fourth-order valence-electron chi connectivity index (χ4n) is 6.53. The van der Waals surface area contributed by atoms with Gasteiger partial charge in [0.05, 0.1) is 27.6 Å². The minimum atomic E-state index is -2.57. The number of benzene rings is 5. The predicted molar refractivity (Wildman–Crippen MR) is 184 cm³/mol. The summed E-state index contributed by atoms with van der Waals surface area (Å²) in [5.74, 6) is 0. The molecular weight excluding hydrogens is 563 g/mol. The normalized spacial score (nSPS) is 13.4. The summed E-state index contributed by atoms with van der Waals surface area (Å²) in [6, 6.07) is 42.2.